The number of anilines is 1. The molecule has 0 radical (unpaired) electrons. The number of rotatable bonds is 9. The Balaban J connectivity index is 1.51. The number of likely N-dealkylation sites (tertiary alicyclic amines) is 1. The first kappa shape index (κ1) is 25.1. The number of aromatic nitrogens is 2. The molecule has 1 aliphatic heterocycles. The Morgan fingerprint density at radius 3 is 2.86 bits per heavy atom. The van der Waals surface area contributed by atoms with E-state index in [1.165, 1.54) is 11.0 Å². The van der Waals surface area contributed by atoms with Gasteiger partial charge >= 0.3 is 6.09 Å². The first-order chi connectivity index (χ1) is 17.5. The Labute approximate surface area is 209 Å². The van der Waals surface area contributed by atoms with Crippen LogP contribution in [-0.4, -0.2) is 65.8 Å². The molecule has 4 rings (SSSR count). The molecule has 1 amide bonds. The van der Waals surface area contributed by atoms with E-state index in [2.05, 4.69) is 16.1 Å². The third kappa shape index (κ3) is 6.16. The van der Waals surface area contributed by atoms with Crippen molar-refractivity contribution < 1.29 is 14.6 Å². The fourth-order valence-corrected chi connectivity index (χ4v) is 4.50. The maximum Gasteiger partial charge on any atom is 0.411 e. The molecule has 0 bridgehead atoms. The lowest BCUT2D eigenvalue weighted by atomic mass is 10.1. The number of amides is 1. The number of carbonyl (C=O) groups is 1. The fraction of sp³-hybridized carbons (Fsp3) is 0.333. The first-order valence-electron chi connectivity index (χ1n) is 11.9. The van der Waals surface area contributed by atoms with Crippen LogP contribution in [0.2, 0.25) is 0 Å². The molecule has 0 aliphatic carbocycles. The average molecular weight is 488 g/mol. The highest BCUT2D eigenvalue weighted by atomic mass is 16.5. The van der Waals surface area contributed by atoms with Gasteiger partial charge in [-0.1, -0.05) is 18.2 Å². The van der Waals surface area contributed by atoms with Crippen LogP contribution in [0.3, 0.4) is 0 Å². The van der Waals surface area contributed by atoms with Gasteiger partial charge in [0, 0.05) is 51.1 Å². The molecule has 1 fully saturated rings. The minimum Gasteiger partial charge on any atom is -0.465 e. The summed E-state index contributed by atoms with van der Waals surface area (Å²) in [6.45, 7) is 3.69. The van der Waals surface area contributed by atoms with E-state index >= 15 is 0 Å². The van der Waals surface area contributed by atoms with Crippen LogP contribution in [0.5, 0.6) is 0 Å². The van der Waals surface area contributed by atoms with E-state index in [9.17, 15) is 14.7 Å². The summed E-state index contributed by atoms with van der Waals surface area (Å²) < 4.78 is 6.72. The lowest BCUT2D eigenvalue weighted by Gasteiger charge is -2.24. The normalized spacial score (nSPS) is 15.5. The van der Waals surface area contributed by atoms with Crippen molar-refractivity contribution in [3.05, 3.63) is 87.8 Å². The Morgan fingerprint density at radius 1 is 1.25 bits per heavy atom. The molecule has 1 saturated heterocycles. The number of methoxy groups -OCH3 is 1. The number of carboxylic acid groups (broad SMARTS) is 1. The Hall–Kier alpha value is -4.00. The van der Waals surface area contributed by atoms with Crippen molar-refractivity contribution in [1.29, 1.82) is 5.26 Å². The van der Waals surface area contributed by atoms with E-state index < -0.39 is 6.09 Å². The lowest BCUT2D eigenvalue weighted by Crippen LogP contribution is -2.35. The predicted molar refractivity (Wildman–Crippen MR) is 136 cm³/mol. The van der Waals surface area contributed by atoms with Crippen molar-refractivity contribution in [2.45, 2.75) is 12.8 Å². The molecule has 9 heteroatoms. The van der Waals surface area contributed by atoms with Crippen LogP contribution in [0.25, 0.3) is 5.69 Å². The Bertz CT molecular complexity index is 1320. The molecule has 1 aromatic heterocycles. The van der Waals surface area contributed by atoms with Gasteiger partial charge in [0.05, 0.1) is 23.9 Å². The van der Waals surface area contributed by atoms with Crippen molar-refractivity contribution in [3.63, 3.8) is 0 Å². The summed E-state index contributed by atoms with van der Waals surface area (Å²) >= 11 is 0. The van der Waals surface area contributed by atoms with E-state index in [0.29, 0.717) is 35.8 Å². The van der Waals surface area contributed by atoms with Gasteiger partial charge < -0.3 is 14.7 Å². The van der Waals surface area contributed by atoms with Crippen molar-refractivity contribution in [1.82, 2.24) is 14.7 Å². The highest BCUT2D eigenvalue weighted by molar-refractivity contribution is 5.86. The van der Waals surface area contributed by atoms with E-state index in [1.54, 1.807) is 54.4 Å². The molecule has 1 N–H and O–H groups in total. The van der Waals surface area contributed by atoms with Crippen LogP contribution < -0.4 is 10.3 Å². The summed E-state index contributed by atoms with van der Waals surface area (Å²) in [4.78, 5) is 28.4. The highest BCUT2D eigenvalue weighted by Crippen LogP contribution is 2.23. The second-order valence-corrected chi connectivity index (χ2v) is 8.92. The van der Waals surface area contributed by atoms with Crippen LogP contribution in [-0.2, 0) is 11.2 Å². The standard InChI is InChI=1S/C27H29N5O4/c1-36-13-12-30-10-8-22(18-30)19-31(27(34)35)23-6-2-4-20(14-23)16-25-26(33)9-11-32(29-25)24-7-3-5-21(15-24)17-28/h2-7,9,11,14-15,22H,8,10,12-13,16,18-19H2,1H3,(H,34,35). The smallest absolute Gasteiger partial charge is 0.411 e. The summed E-state index contributed by atoms with van der Waals surface area (Å²) in [5.74, 6) is 0.244. The molecule has 36 heavy (non-hydrogen) atoms. The molecule has 1 unspecified atom stereocenters. The van der Waals surface area contributed by atoms with Crippen molar-refractivity contribution in [2.24, 2.45) is 5.92 Å². The van der Waals surface area contributed by atoms with E-state index in [0.717, 1.165) is 31.6 Å². The summed E-state index contributed by atoms with van der Waals surface area (Å²) in [5, 5.41) is 23.6. The molecular formula is C27H29N5O4. The summed E-state index contributed by atoms with van der Waals surface area (Å²) in [5.41, 5.74) is 2.68. The minimum absolute atomic E-state index is 0.203. The molecule has 3 aromatic rings. The van der Waals surface area contributed by atoms with Gasteiger partial charge in [0.2, 0.25) is 5.43 Å². The quantitative estimate of drug-likeness (QED) is 0.493. The van der Waals surface area contributed by atoms with Crippen LogP contribution in [0, 0.1) is 17.2 Å². The number of nitrogens with zero attached hydrogens (tertiary/aromatic N) is 5. The van der Waals surface area contributed by atoms with Crippen molar-refractivity contribution in [3.8, 4) is 11.8 Å². The highest BCUT2D eigenvalue weighted by Gasteiger charge is 2.27. The summed E-state index contributed by atoms with van der Waals surface area (Å²) in [6, 6.07) is 17.8. The zero-order valence-corrected chi connectivity index (χ0v) is 20.2. The van der Waals surface area contributed by atoms with Crippen molar-refractivity contribution in [2.75, 3.05) is 44.8 Å². The molecule has 1 aliphatic rings. The van der Waals surface area contributed by atoms with Gasteiger partial charge in [-0.05, 0) is 54.8 Å². The monoisotopic (exact) mass is 487 g/mol. The molecule has 1 atom stereocenters. The average Bonchev–Trinajstić information content (AvgIpc) is 3.35. The second kappa shape index (κ2) is 11.6. The minimum atomic E-state index is -1.000. The van der Waals surface area contributed by atoms with E-state index in [4.69, 9.17) is 10.00 Å². The largest absolute Gasteiger partial charge is 0.465 e. The van der Waals surface area contributed by atoms with E-state index in [-0.39, 0.29) is 17.8 Å². The van der Waals surface area contributed by atoms with Gasteiger partial charge in [0.15, 0.2) is 0 Å². The zero-order valence-electron chi connectivity index (χ0n) is 20.2. The Morgan fingerprint density at radius 2 is 2.08 bits per heavy atom. The molecule has 2 aromatic carbocycles. The lowest BCUT2D eigenvalue weighted by molar-refractivity contribution is 0.159. The third-order valence-corrected chi connectivity index (χ3v) is 6.37. The number of nitriles is 1. The number of benzene rings is 2. The number of hydrogen-bond acceptors (Lipinski definition) is 6. The number of ether oxygens (including phenoxy) is 1. The van der Waals surface area contributed by atoms with Gasteiger partial charge in [0.1, 0.15) is 5.69 Å². The van der Waals surface area contributed by atoms with Gasteiger partial charge in [-0.3, -0.25) is 9.69 Å². The van der Waals surface area contributed by atoms with Crippen LogP contribution in [0.1, 0.15) is 23.2 Å². The SMILES string of the molecule is COCCN1CCC(CN(C(=O)O)c2cccc(Cc3nn(-c4cccc(C#N)c4)ccc3=O)c2)C1. The van der Waals surface area contributed by atoms with Crippen molar-refractivity contribution >= 4 is 11.8 Å². The Kier molecular flexibility index (Phi) is 8.10. The van der Waals surface area contributed by atoms with Gasteiger partial charge in [-0.15, -0.1) is 0 Å². The zero-order chi connectivity index (χ0) is 25.5. The molecule has 2 heterocycles. The molecule has 186 valence electrons. The maximum atomic E-state index is 12.5. The summed E-state index contributed by atoms with van der Waals surface area (Å²) in [6.07, 6.45) is 1.77. The van der Waals surface area contributed by atoms with Crippen LogP contribution in [0.4, 0.5) is 10.5 Å². The van der Waals surface area contributed by atoms with Gasteiger partial charge in [0.25, 0.3) is 0 Å². The van der Waals surface area contributed by atoms with Crippen LogP contribution >= 0.6 is 0 Å². The second-order valence-electron chi connectivity index (χ2n) is 8.92. The number of hydrogen-bond donors (Lipinski definition) is 1. The predicted octanol–water partition coefficient (Wildman–Crippen LogP) is 3.15. The molecule has 0 spiro atoms. The molecule has 9 nitrogen and oxygen atoms in total. The van der Waals surface area contributed by atoms with E-state index in [1.807, 2.05) is 12.1 Å². The van der Waals surface area contributed by atoms with Gasteiger partial charge in [-0.25, -0.2) is 9.48 Å². The molecule has 0 saturated carbocycles. The maximum absolute atomic E-state index is 12.5. The van der Waals surface area contributed by atoms with Gasteiger partial charge in [-0.2, -0.15) is 10.4 Å². The summed E-state index contributed by atoms with van der Waals surface area (Å²) in [7, 11) is 1.68. The fourth-order valence-electron chi connectivity index (χ4n) is 4.50. The molecular weight excluding hydrogens is 458 g/mol. The third-order valence-electron chi connectivity index (χ3n) is 6.37. The first-order valence-corrected chi connectivity index (χ1v) is 11.9. The topological polar surface area (TPSA) is 112 Å². The van der Waals surface area contributed by atoms with Crippen LogP contribution in [0.15, 0.2) is 65.6 Å².